The first-order valence-electron chi connectivity index (χ1n) is 6.56. The number of hydrogen-bond donors (Lipinski definition) is 1. The molecule has 0 aliphatic carbocycles. The molecule has 1 unspecified atom stereocenters. The van der Waals surface area contributed by atoms with Gasteiger partial charge in [0, 0.05) is 23.4 Å². The predicted octanol–water partition coefficient (Wildman–Crippen LogP) is 4.38. The minimum Gasteiger partial charge on any atom is -0.378 e. The Bertz CT molecular complexity index is 638. The van der Waals surface area contributed by atoms with Crippen molar-refractivity contribution in [2.75, 3.05) is 5.32 Å². The van der Waals surface area contributed by atoms with E-state index >= 15 is 0 Å². The highest BCUT2D eigenvalue weighted by Crippen LogP contribution is 2.28. The summed E-state index contributed by atoms with van der Waals surface area (Å²) in [6.45, 7) is 5.87. The van der Waals surface area contributed by atoms with Gasteiger partial charge in [-0.05, 0) is 32.4 Å². The van der Waals surface area contributed by atoms with Crippen LogP contribution in [0.5, 0.6) is 0 Å². The molecule has 0 spiro atoms. The first-order chi connectivity index (χ1) is 9.49. The van der Waals surface area contributed by atoms with Crippen molar-refractivity contribution >= 4 is 11.4 Å². The molecular weight excluding hydrogens is 252 g/mol. The molecule has 0 bridgehead atoms. The summed E-state index contributed by atoms with van der Waals surface area (Å²) in [4.78, 5) is 10.6. The average Bonchev–Trinajstić information content (AvgIpc) is 2.40. The number of aryl methyl sites for hydroxylation is 1. The van der Waals surface area contributed by atoms with Crippen molar-refractivity contribution in [3.8, 4) is 0 Å². The van der Waals surface area contributed by atoms with E-state index in [0.717, 1.165) is 11.3 Å². The van der Waals surface area contributed by atoms with Gasteiger partial charge in [-0.25, -0.2) is 0 Å². The Morgan fingerprint density at radius 2 is 1.85 bits per heavy atom. The molecule has 0 saturated heterocycles. The van der Waals surface area contributed by atoms with E-state index < -0.39 is 0 Å². The van der Waals surface area contributed by atoms with Gasteiger partial charge >= 0.3 is 0 Å². The van der Waals surface area contributed by atoms with Crippen LogP contribution < -0.4 is 5.32 Å². The van der Waals surface area contributed by atoms with Crippen molar-refractivity contribution < 1.29 is 4.92 Å². The zero-order valence-electron chi connectivity index (χ0n) is 11.9. The standard InChI is InChI=1S/C16H18N2O2/c1-11-6-4-7-14(10-11)13(3)17-15-8-5-9-16(12(15)2)18(19)20/h4-10,13,17H,1-3H3. The van der Waals surface area contributed by atoms with Gasteiger partial charge in [-0.3, -0.25) is 10.1 Å². The van der Waals surface area contributed by atoms with Gasteiger partial charge in [0.2, 0.25) is 0 Å². The smallest absolute Gasteiger partial charge is 0.274 e. The second kappa shape index (κ2) is 5.74. The van der Waals surface area contributed by atoms with Crippen LogP contribution in [-0.4, -0.2) is 4.92 Å². The molecule has 4 heteroatoms. The van der Waals surface area contributed by atoms with Crippen molar-refractivity contribution in [3.63, 3.8) is 0 Å². The summed E-state index contributed by atoms with van der Waals surface area (Å²) in [7, 11) is 0. The van der Waals surface area contributed by atoms with Gasteiger partial charge in [-0.1, -0.05) is 35.9 Å². The number of nitro benzene ring substituents is 1. The quantitative estimate of drug-likeness (QED) is 0.662. The van der Waals surface area contributed by atoms with E-state index in [2.05, 4.69) is 30.4 Å². The summed E-state index contributed by atoms with van der Waals surface area (Å²) in [6, 6.07) is 13.4. The summed E-state index contributed by atoms with van der Waals surface area (Å²) in [5.74, 6) is 0. The molecule has 2 aromatic rings. The number of anilines is 1. The molecule has 104 valence electrons. The van der Waals surface area contributed by atoms with Crippen molar-refractivity contribution in [2.45, 2.75) is 26.8 Å². The SMILES string of the molecule is Cc1cccc(C(C)Nc2cccc([N+](=O)[O-])c2C)c1. The van der Waals surface area contributed by atoms with Gasteiger partial charge < -0.3 is 5.32 Å². The van der Waals surface area contributed by atoms with Crippen LogP contribution >= 0.6 is 0 Å². The Morgan fingerprint density at radius 3 is 2.50 bits per heavy atom. The molecule has 0 aromatic heterocycles. The Labute approximate surface area is 118 Å². The molecule has 20 heavy (non-hydrogen) atoms. The van der Waals surface area contributed by atoms with Crippen molar-refractivity contribution in [1.29, 1.82) is 0 Å². The minimum atomic E-state index is -0.349. The normalized spacial score (nSPS) is 11.9. The number of nitrogens with one attached hydrogen (secondary N) is 1. The topological polar surface area (TPSA) is 55.2 Å². The van der Waals surface area contributed by atoms with Crippen LogP contribution in [-0.2, 0) is 0 Å². The van der Waals surface area contributed by atoms with Gasteiger partial charge in [0.05, 0.1) is 4.92 Å². The summed E-state index contributed by atoms with van der Waals surface area (Å²) >= 11 is 0. The molecule has 0 fully saturated rings. The number of nitro groups is 1. The van der Waals surface area contributed by atoms with Crippen LogP contribution in [0.1, 0.15) is 29.7 Å². The minimum absolute atomic E-state index is 0.0932. The predicted molar refractivity (Wildman–Crippen MR) is 81.1 cm³/mol. The lowest BCUT2D eigenvalue weighted by molar-refractivity contribution is -0.385. The Hall–Kier alpha value is -2.36. The first kappa shape index (κ1) is 14.1. The van der Waals surface area contributed by atoms with E-state index in [0.29, 0.717) is 5.56 Å². The average molecular weight is 270 g/mol. The maximum atomic E-state index is 11.0. The molecule has 1 atom stereocenters. The third kappa shape index (κ3) is 2.96. The first-order valence-corrected chi connectivity index (χ1v) is 6.56. The molecule has 1 N–H and O–H groups in total. The Morgan fingerprint density at radius 1 is 1.15 bits per heavy atom. The second-order valence-electron chi connectivity index (χ2n) is 4.99. The largest absolute Gasteiger partial charge is 0.378 e. The lowest BCUT2D eigenvalue weighted by atomic mass is 10.0. The van der Waals surface area contributed by atoms with Crippen LogP contribution in [0, 0.1) is 24.0 Å². The number of hydrogen-bond acceptors (Lipinski definition) is 3. The molecule has 0 heterocycles. The summed E-state index contributed by atoms with van der Waals surface area (Å²) in [6.07, 6.45) is 0. The van der Waals surface area contributed by atoms with Gasteiger partial charge in [0.1, 0.15) is 0 Å². The lowest BCUT2D eigenvalue weighted by Crippen LogP contribution is -2.08. The molecular formula is C16H18N2O2. The summed E-state index contributed by atoms with van der Waals surface area (Å²) < 4.78 is 0. The monoisotopic (exact) mass is 270 g/mol. The highest BCUT2D eigenvalue weighted by atomic mass is 16.6. The fourth-order valence-electron chi connectivity index (χ4n) is 2.23. The van der Waals surface area contributed by atoms with Gasteiger partial charge in [0.25, 0.3) is 5.69 Å². The maximum absolute atomic E-state index is 11.0. The van der Waals surface area contributed by atoms with E-state index in [9.17, 15) is 10.1 Å². The number of nitrogens with zero attached hydrogens (tertiary/aromatic N) is 1. The lowest BCUT2D eigenvalue weighted by Gasteiger charge is -2.17. The summed E-state index contributed by atoms with van der Waals surface area (Å²) in [5.41, 5.74) is 3.97. The van der Waals surface area contributed by atoms with Crippen molar-refractivity contribution in [3.05, 3.63) is 69.3 Å². The van der Waals surface area contributed by atoms with Crippen LogP contribution in [0.2, 0.25) is 0 Å². The van der Waals surface area contributed by atoms with Gasteiger partial charge in [-0.2, -0.15) is 0 Å². The molecule has 0 aliphatic heterocycles. The van der Waals surface area contributed by atoms with Gasteiger partial charge in [-0.15, -0.1) is 0 Å². The number of rotatable bonds is 4. The highest BCUT2D eigenvalue weighted by Gasteiger charge is 2.14. The second-order valence-corrected chi connectivity index (χ2v) is 4.99. The molecule has 0 aliphatic rings. The third-order valence-corrected chi connectivity index (χ3v) is 3.42. The molecule has 2 rings (SSSR count). The maximum Gasteiger partial charge on any atom is 0.274 e. The highest BCUT2D eigenvalue weighted by molar-refractivity contribution is 5.60. The van der Waals surface area contributed by atoms with Crippen molar-refractivity contribution in [2.24, 2.45) is 0 Å². The van der Waals surface area contributed by atoms with Crippen LogP contribution in [0.15, 0.2) is 42.5 Å². The Kier molecular flexibility index (Phi) is 4.03. The van der Waals surface area contributed by atoms with E-state index in [1.165, 1.54) is 11.6 Å². The van der Waals surface area contributed by atoms with E-state index in [1.807, 2.05) is 19.1 Å². The third-order valence-electron chi connectivity index (χ3n) is 3.42. The van der Waals surface area contributed by atoms with Crippen molar-refractivity contribution in [1.82, 2.24) is 0 Å². The van der Waals surface area contributed by atoms with Crippen LogP contribution in [0.4, 0.5) is 11.4 Å². The van der Waals surface area contributed by atoms with E-state index in [1.54, 1.807) is 13.0 Å². The zero-order chi connectivity index (χ0) is 14.7. The summed E-state index contributed by atoms with van der Waals surface area (Å²) in [5, 5.41) is 14.3. The fraction of sp³-hybridized carbons (Fsp3) is 0.250. The molecule has 0 radical (unpaired) electrons. The number of benzene rings is 2. The van der Waals surface area contributed by atoms with E-state index in [4.69, 9.17) is 0 Å². The Balaban J connectivity index is 2.26. The zero-order valence-corrected chi connectivity index (χ0v) is 11.9. The van der Waals surface area contributed by atoms with Gasteiger partial charge in [0.15, 0.2) is 0 Å². The van der Waals surface area contributed by atoms with Crippen LogP contribution in [0.3, 0.4) is 0 Å². The molecule has 4 nitrogen and oxygen atoms in total. The van der Waals surface area contributed by atoms with Crippen LogP contribution in [0.25, 0.3) is 0 Å². The molecule has 2 aromatic carbocycles. The fourth-order valence-corrected chi connectivity index (χ4v) is 2.23. The molecule has 0 amide bonds. The molecule has 0 saturated carbocycles. The van der Waals surface area contributed by atoms with E-state index in [-0.39, 0.29) is 16.7 Å².